The number of aromatic nitrogens is 2. The van der Waals surface area contributed by atoms with E-state index >= 15 is 0 Å². The van der Waals surface area contributed by atoms with Crippen molar-refractivity contribution in [3.05, 3.63) is 54.4 Å². The Bertz CT molecular complexity index is 539. The number of benzene rings is 1. The maximum Gasteiger partial charge on any atom is 0.316 e. The maximum atomic E-state index is 5.54. The molecule has 0 aliphatic carbocycles. The van der Waals surface area contributed by atoms with Crippen LogP contribution < -0.4 is 4.74 Å². The first-order valence-electron chi connectivity index (χ1n) is 8.09. The molecule has 4 nitrogen and oxygen atoms in total. The third kappa shape index (κ3) is 4.28. The highest BCUT2D eigenvalue weighted by Gasteiger charge is 2.19. The molecular formula is C18H23N3O. The van der Waals surface area contributed by atoms with Crippen LogP contribution in [0.25, 0.3) is 0 Å². The predicted molar refractivity (Wildman–Crippen MR) is 87.0 cm³/mol. The van der Waals surface area contributed by atoms with Crippen LogP contribution in [0.1, 0.15) is 30.7 Å². The molecule has 3 rings (SSSR count). The summed E-state index contributed by atoms with van der Waals surface area (Å²) in [6, 6.07) is 13.2. The second kappa shape index (κ2) is 7.90. The van der Waals surface area contributed by atoms with E-state index in [0.717, 1.165) is 18.9 Å². The van der Waals surface area contributed by atoms with Gasteiger partial charge in [0.2, 0.25) is 0 Å². The van der Waals surface area contributed by atoms with Crippen molar-refractivity contribution in [1.82, 2.24) is 14.9 Å². The SMILES string of the molecule is c1ccc(C2CCN(CCCOc3ncccn3)CC2)cc1. The van der Waals surface area contributed by atoms with E-state index in [1.165, 1.54) is 31.5 Å². The minimum Gasteiger partial charge on any atom is -0.463 e. The molecule has 1 aliphatic rings. The van der Waals surface area contributed by atoms with E-state index in [0.29, 0.717) is 12.6 Å². The van der Waals surface area contributed by atoms with Crippen LogP contribution in [0.4, 0.5) is 0 Å². The summed E-state index contributed by atoms with van der Waals surface area (Å²) in [5, 5.41) is 0. The fourth-order valence-electron chi connectivity index (χ4n) is 3.03. The summed E-state index contributed by atoms with van der Waals surface area (Å²) in [5.41, 5.74) is 1.49. The number of piperidine rings is 1. The van der Waals surface area contributed by atoms with Gasteiger partial charge in [0.25, 0.3) is 0 Å². The summed E-state index contributed by atoms with van der Waals surface area (Å²) in [4.78, 5) is 10.7. The van der Waals surface area contributed by atoms with Gasteiger partial charge in [0.1, 0.15) is 0 Å². The minimum absolute atomic E-state index is 0.477. The van der Waals surface area contributed by atoms with Crippen molar-refractivity contribution in [2.24, 2.45) is 0 Å². The number of rotatable bonds is 6. The Morgan fingerprint density at radius 2 is 1.73 bits per heavy atom. The molecule has 4 heteroatoms. The summed E-state index contributed by atoms with van der Waals surface area (Å²) in [5.74, 6) is 0.728. The standard InChI is InChI=1S/C18H23N3O/c1-2-6-16(7-3-1)17-8-13-21(14-9-17)12-5-15-22-18-19-10-4-11-20-18/h1-4,6-7,10-11,17H,5,8-9,12-15H2. The van der Waals surface area contributed by atoms with Gasteiger partial charge in [0.05, 0.1) is 6.61 Å². The van der Waals surface area contributed by atoms with E-state index in [-0.39, 0.29) is 0 Å². The normalized spacial score (nSPS) is 16.5. The van der Waals surface area contributed by atoms with Gasteiger partial charge in [0, 0.05) is 18.9 Å². The van der Waals surface area contributed by atoms with Gasteiger partial charge in [-0.05, 0) is 49.9 Å². The highest BCUT2D eigenvalue weighted by molar-refractivity contribution is 5.19. The van der Waals surface area contributed by atoms with Gasteiger partial charge < -0.3 is 9.64 Å². The van der Waals surface area contributed by atoms with E-state index in [9.17, 15) is 0 Å². The molecule has 2 heterocycles. The molecule has 0 spiro atoms. The zero-order chi connectivity index (χ0) is 15.0. The van der Waals surface area contributed by atoms with E-state index < -0.39 is 0 Å². The lowest BCUT2D eigenvalue weighted by atomic mass is 9.89. The van der Waals surface area contributed by atoms with Crippen LogP contribution in [0.2, 0.25) is 0 Å². The van der Waals surface area contributed by atoms with Crippen molar-refractivity contribution in [2.45, 2.75) is 25.2 Å². The molecule has 2 aromatic rings. The molecular weight excluding hydrogens is 274 g/mol. The van der Waals surface area contributed by atoms with Gasteiger partial charge in [-0.3, -0.25) is 0 Å². The number of likely N-dealkylation sites (tertiary alicyclic amines) is 1. The van der Waals surface area contributed by atoms with E-state index in [1.807, 2.05) is 0 Å². The average Bonchev–Trinajstić information content (AvgIpc) is 2.61. The Labute approximate surface area is 132 Å². The molecule has 1 saturated heterocycles. The van der Waals surface area contributed by atoms with Gasteiger partial charge in [-0.15, -0.1) is 0 Å². The van der Waals surface area contributed by atoms with Crippen molar-refractivity contribution in [3.63, 3.8) is 0 Å². The Kier molecular flexibility index (Phi) is 5.37. The Hall–Kier alpha value is -1.94. The highest BCUT2D eigenvalue weighted by Crippen LogP contribution is 2.27. The molecule has 1 aliphatic heterocycles. The topological polar surface area (TPSA) is 38.2 Å². The van der Waals surface area contributed by atoms with Crippen molar-refractivity contribution in [3.8, 4) is 6.01 Å². The lowest BCUT2D eigenvalue weighted by molar-refractivity contribution is 0.189. The molecule has 116 valence electrons. The molecule has 0 saturated carbocycles. The molecule has 1 aromatic heterocycles. The Morgan fingerprint density at radius 1 is 1.00 bits per heavy atom. The average molecular weight is 297 g/mol. The summed E-state index contributed by atoms with van der Waals surface area (Å²) in [7, 11) is 0. The first-order chi connectivity index (χ1) is 10.9. The van der Waals surface area contributed by atoms with Crippen LogP contribution in [0.15, 0.2) is 48.8 Å². The molecule has 1 aromatic carbocycles. The van der Waals surface area contributed by atoms with Crippen LogP contribution in [0.3, 0.4) is 0 Å². The summed E-state index contributed by atoms with van der Waals surface area (Å²) in [6.07, 6.45) is 6.95. The maximum absolute atomic E-state index is 5.54. The van der Waals surface area contributed by atoms with Gasteiger partial charge >= 0.3 is 6.01 Å². The van der Waals surface area contributed by atoms with Gasteiger partial charge in [-0.1, -0.05) is 30.3 Å². The zero-order valence-corrected chi connectivity index (χ0v) is 12.9. The van der Waals surface area contributed by atoms with Crippen molar-refractivity contribution in [2.75, 3.05) is 26.2 Å². The summed E-state index contributed by atoms with van der Waals surface area (Å²) < 4.78 is 5.54. The monoisotopic (exact) mass is 297 g/mol. The van der Waals surface area contributed by atoms with E-state index in [4.69, 9.17) is 4.74 Å². The molecule has 0 amide bonds. The molecule has 1 fully saturated rings. The molecule has 22 heavy (non-hydrogen) atoms. The molecule has 0 unspecified atom stereocenters. The van der Waals surface area contributed by atoms with Crippen molar-refractivity contribution >= 4 is 0 Å². The first kappa shape index (κ1) is 15.0. The Balaban J connectivity index is 1.34. The zero-order valence-electron chi connectivity index (χ0n) is 12.9. The number of hydrogen-bond acceptors (Lipinski definition) is 4. The third-order valence-electron chi connectivity index (χ3n) is 4.25. The fourth-order valence-corrected chi connectivity index (χ4v) is 3.03. The quantitative estimate of drug-likeness (QED) is 0.768. The van der Waals surface area contributed by atoms with Crippen LogP contribution >= 0.6 is 0 Å². The lowest BCUT2D eigenvalue weighted by Crippen LogP contribution is -2.34. The molecule has 0 bridgehead atoms. The largest absolute Gasteiger partial charge is 0.463 e. The van der Waals surface area contributed by atoms with Crippen molar-refractivity contribution in [1.29, 1.82) is 0 Å². The second-order valence-electron chi connectivity index (χ2n) is 5.76. The smallest absolute Gasteiger partial charge is 0.316 e. The number of nitrogens with zero attached hydrogens (tertiary/aromatic N) is 3. The molecule has 0 radical (unpaired) electrons. The summed E-state index contributed by atoms with van der Waals surface area (Å²) >= 11 is 0. The van der Waals surface area contributed by atoms with Crippen LogP contribution in [0, 0.1) is 0 Å². The number of hydrogen-bond donors (Lipinski definition) is 0. The minimum atomic E-state index is 0.477. The van der Waals surface area contributed by atoms with Crippen LogP contribution in [0.5, 0.6) is 6.01 Å². The highest BCUT2D eigenvalue weighted by atomic mass is 16.5. The van der Waals surface area contributed by atoms with Crippen LogP contribution in [-0.4, -0.2) is 41.1 Å². The summed E-state index contributed by atoms with van der Waals surface area (Å²) in [6.45, 7) is 4.14. The predicted octanol–water partition coefficient (Wildman–Crippen LogP) is 3.13. The van der Waals surface area contributed by atoms with E-state index in [1.54, 1.807) is 18.5 Å². The van der Waals surface area contributed by atoms with Gasteiger partial charge in [0.15, 0.2) is 0 Å². The van der Waals surface area contributed by atoms with E-state index in [2.05, 4.69) is 45.2 Å². The first-order valence-corrected chi connectivity index (χ1v) is 8.09. The van der Waals surface area contributed by atoms with Crippen LogP contribution in [-0.2, 0) is 0 Å². The molecule has 0 N–H and O–H groups in total. The molecule has 0 atom stereocenters. The third-order valence-corrected chi connectivity index (χ3v) is 4.25. The lowest BCUT2D eigenvalue weighted by Gasteiger charge is -2.32. The van der Waals surface area contributed by atoms with Gasteiger partial charge in [-0.25, -0.2) is 9.97 Å². The van der Waals surface area contributed by atoms with Gasteiger partial charge in [-0.2, -0.15) is 0 Å². The second-order valence-corrected chi connectivity index (χ2v) is 5.76. The Morgan fingerprint density at radius 3 is 2.45 bits per heavy atom. The number of ether oxygens (including phenoxy) is 1. The van der Waals surface area contributed by atoms with Crippen molar-refractivity contribution < 1.29 is 4.74 Å². The fraction of sp³-hybridized carbons (Fsp3) is 0.444.